The van der Waals surface area contributed by atoms with Crippen LogP contribution in [0, 0.1) is 5.82 Å². The van der Waals surface area contributed by atoms with E-state index in [4.69, 9.17) is 4.74 Å². The number of halogens is 1. The van der Waals surface area contributed by atoms with Crippen molar-refractivity contribution in [2.75, 3.05) is 11.9 Å². The Morgan fingerprint density at radius 1 is 1.11 bits per heavy atom. The first-order valence-corrected chi connectivity index (χ1v) is 11.1. The summed E-state index contributed by atoms with van der Waals surface area (Å²) in [5.74, 6) is -0.103. The van der Waals surface area contributed by atoms with Crippen molar-refractivity contribution in [3.8, 4) is 5.69 Å². The average molecular weight is 477 g/mol. The van der Waals surface area contributed by atoms with Crippen LogP contribution in [0.15, 0.2) is 66.9 Å². The third-order valence-corrected chi connectivity index (χ3v) is 5.24. The van der Waals surface area contributed by atoms with E-state index < -0.39 is 12.1 Å². The van der Waals surface area contributed by atoms with Gasteiger partial charge in [-0.15, -0.1) is 0 Å². The number of ether oxygens (including phenoxy) is 1. The Labute approximate surface area is 201 Å². The van der Waals surface area contributed by atoms with Gasteiger partial charge in [0.15, 0.2) is 0 Å². The maximum absolute atomic E-state index is 13.4. The highest BCUT2D eigenvalue weighted by molar-refractivity contribution is 5.92. The van der Waals surface area contributed by atoms with E-state index in [2.05, 4.69) is 26.0 Å². The lowest BCUT2D eigenvalue weighted by molar-refractivity contribution is 0.139. The highest BCUT2D eigenvalue weighted by Crippen LogP contribution is 2.25. The minimum atomic E-state index is -0.594. The molecule has 10 heteroatoms. The predicted octanol–water partition coefficient (Wildman–Crippen LogP) is 4.69. The molecule has 0 unspecified atom stereocenters. The van der Waals surface area contributed by atoms with Gasteiger partial charge in [0.1, 0.15) is 23.9 Å². The molecule has 1 atom stereocenters. The van der Waals surface area contributed by atoms with Crippen molar-refractivity contribution in [3.05, 3.63) is 83.9 Å². The molecule has 4 rings (SSSR count). The van der Waals surface area contributed by atoms with Crippen molar-refractivity contribution in [2.45, 2.75) is 26.5 Å². The summed E-state index contributed by atoms with van der Waals surface area (Å²) < 4.78 is 20.3. The molecule has 4 aromatic rings. The minimum absolute atomic E-state index is 0.160. The van der Waals surface area contributed by atoms with Crippen molar-refractivity contribution in [1.82, 2.24) is 25.4 Å². The average Bonchev–Trinajstić information content (AvgIpc) is 3.28. The van der Waals surface area contributed by atoms with Crippen LogP contribution in [0.5, 0.6) is 0 Å². The van der Waals surface area contributed by atoms with E-state index >= 15 is 0 Å². The number of nitrogens with one attached hydrogen (secondary N) is 3. The number of hydrogen-bond acceptors (Lipinski definition) is 5. The fourth-order valence-electron chi connectivity index (χ4n) is 3.58. The van der Waals surface area contributed by atoms with Gasteiger partial charge in [-0.05, 0) is 49.7 Å². The summed E-state index contributed by atoms with van der Waals surface area (Å²) >= 11 is 0. The highest BCUT2D eigenvalue weighted by Gasteiger charge is 2.17. The van der Waals surface area contributed by atoms with Gasteiger partial charge < -0.3 is 15.4 Å². The number of pyridine rings is 1. The molecule has 0 aliphatic rings. The van der Waals surface area contributed by atoms with Crippen LogP contribution in [0.4, 0.5) is 19.8 Å². The van der Waals surface area contributed by atoms with Gasteiger partial charge in [-0.25, -0.2) is 23.6 Å². The molecule has 0 spiro atoms. The van der Waals surface area contributed by atoms with E-state index in [1.165, 1.54) is 12.1 Å². The van der Waals surface area contributed by atoms with Crippen LogP contribution in [0.3, 0.4) is 0 Å². The van der Waals surface area contributed by atoms with Crippen molar-refractivity contribution in [1.29, 1.82) is 0 Å². The number of rotatable bonds is 7. The summed E-state index contributed by atoms with van der Waals surface area (Å²) in [6.45, 7) is 3.91. The Kier molecular flexibility index (Phi) is 7.20. The van der Waals surface area contributed by atoms with E-state index in [1.807, 2.05) is 37.3 Å². The Balaban J connectivity index is 1.62. The fraction of sp³-hybridized carbons (Fsp3) is 0.200. The molecular formula is C25H25FN6O3. The van der Waals surface area contributed by atoms with Crippen LogP contribution in [0.1, 0.15) is 31.1 Å². The number of fused-ring (bicyclic) bond motifs is 1. The van der Waals surface area contributed by atoms with Gasteiger partial charge in [0.2, 0.25) is 0 Å². The maximum Gasteiger partial charge on any atom is 0.407 e. The first-order valence-electron chi connectivity index (χ1n) is 11.1. The summed E-state index contributed by atoms with van der Waals surface area (Å²) in [6.07, 6.45) is 1.01. The molecule has 35 heavy (non-hydrogen) atoms. The van der Waals surface area contributed by atoms with Crippen LogP contribution in [-0.2, 0) is 11.3 Å². The largest absolute Gasteiger partial charge is 0.443 e. The van der Waals surface area contributed by atoms with Crippen molar-refractivity contribution < 1.29 is 18.7 Å². The predicted molar refractivity (Wildman–Crippen MR) is 130 cm³/mol. The third-order valence-electron chi connectivity index (χ3n) is 5.24. The van der Waals surface area contributed by atoms with E-state index in [-0.39, 0.29) is 24.3 Å². The number of amides is 3. The smallest absolute Gasteiger partial charge is 0.407 e. The molecule has 3 amide bonds. The lowest BCUT2D eigenvalue weighted by Crippen LogP contribution is -2.31. The number of alkyl carbamates (subject to hydrolysis) is 1. The number of hydrogen-bond donors (Lipinski definition) is 3. The molecular weight excluding hydrogens is 451 g/mol. The quantitative estimate of drug-likeness (QED) is 0.359. The summed E-state index contributed by atoms with van der Waals surface area (Å²) in [5, 5.41) is 13.2. The summed E-state index contributed by atoms with van der Waals surface area (Å²) in [5.41, 5.74) is 2.52. The van der Waals surface area contributed by atoms with E-state index in [0.29, 0.717) is 28.8 Å². The lowest BCUT2D eigenvalue weighted by Gasteiger charge is -2.15. The van der Waals surface area contributed by atoms with E-state index in [0.717, 1.165) is 5.56 Å². The molecule has 2 aromatic carbocycles. The third kappa shape index (κ3) is 5.72. The van der Waals surface area contributed by atoms with Gasteiger partial charge in [0, 0.05) is 11.9 Å². The van der Waals surface area contributed by atoms with Gasteiger partial charge in [-0.3, -0.25) is 5.32 Å². The number of benzene rings is 2. The zero-order valence-electron chi connectivity index (χ0n) is 19.3. The van der Waals surface area contributed by atoms with Gasteiger partial charge in [-0.2, -0.15) is 5.10 Å². The Morgan fingerprint density at radius 3 is 2.57 bits per heavy atom. The molecule has 0 radical (unpaired) electrons. The number of urea groups is 1. The molecule has 0 aliphatic carbocycles. The number of carbonyl (C=O) groups excluding carboxylic acids is 2. The molecule has 0 saturated carbocycles. The number of carbonyl (C=O) groups is 2. The SMILES string of the molecule is CCNC(=O)OCc1nc(NC(=O)N[C@H](C)c2ccccc2)cc2cnn(-c3ccc(F)cc3)c12. The second-order valence-electron chi connectivity index (χ2n) is 7.76. The second kappa shape index (κ2) is 10.6. The van der Waals surface area contributed by atoms with Crippen LogP contribution in [0.25, 0.3) is 16.6 Å². The minimum Gasteiger partial charge on any atom is -0.443 e. The maximum atomic E-state index is 13.4. The summed E-state index contributed by atoms with van der Waals surface area (Å²) in [6, 6.07) is 16.4. The van der Waals surface area contributed by atoms with Crippen LogP contribution in [0.2, 0.25) is 0 Å². The molecule has 0 aliphatic heterocycles. The van der Waals surface area contributed by atoms with Crippen LogP contribution < -0.4 is 16.0 Å². The zero-order chi connectivity index (χ0) is 24.8. The van der Waals surface area contributed by atoms with Crippen molar-refractivity contribution in [2.24, 2.45) is 0 Å². The number of anilines is 1. The Bertz CT molecular complexity index is 1320. The second-order valence-corrected chi connectivity index (χ2v) is 7.76. The Morgan fingerprint density at radius 2 is 1.86 bits per heavy atom. The van der Waals surface area contributed by atoms with E-state index in [9.17, 15) is 14.0 Å². The number of aromatic nitrogens is 3. The van der Waals surface area contributed by atoms with E-state index in [1.54, 1.807) is 36.0 Å². The first kappa shape index (κ1) is 23.7. The van der Waals surface area contributed by atoms with Crippen LogP contribution >= 0.6 is 0 Å². The van der Waals surface area contributed by atoms with Crippen molar-refractivity contribution in [3.63, 3.8) is 0 Å². The molecule has 9 nitrogen and oxygen atoms in total. The van der Waals surface area contributed by atoms with Gasteiger partial charge in [-0.1, -0.05) is 30.3 Å². The van der Waals surface area contributed by atoms with Crippen molar-refractivity contribution >= 4 is 28.8 Å². The molecule has 2 aromatic heterocycles. The lowest BCUT2D eigenvalue weighted by atomic mass is 10.1. The van der Waals surface area contributed by atoms with Gasteiger partial charge in [0.25, 0.3) is 0 Å². The first-order chi connectivity index (χ1) is 16.9. The molecule has 0 bridgehead atoms. The standard InChI is InChI=1S/C25H25FN6O3/c1-3-27-25(34)35-15-21-23-18(14-28-32(23)20-11-9-19(26)10-12-20)13-22(30-21)31-24(33)29-16(2)17-7-5-4-6-8-17/h4-14,16H,3,15H2,1-2H3,(H,27,34)(H2,29,30,31,33)/t16-/m1/s1. The monoisotopic (exact) mass is 476 g/mol. The molecule has 2 heterocycles. The fourth-order valence-corrected chi connectivity index (χ4v) is 3.58. The zero-order valence-corrected chi connectivity index (χ0v) is 19.3. The Hall–Kier alpha value is -4.47. The summed E-state index contributed by atoms with van der Waals surface area (Å²) in [4.78, 5) is 29.1. The summed E-state index contributed by atoms with van der Waals surface area (Å²) in [7, 11) is 0. The molecule has 3 N–H and O–H groups in total. The molecule has 180 valence electrons. The molecule has 0 fully saturated rings. The number of nitrogens with zero attached hydrogens (tertiary/aromatic N) is 3. The van der Waals surface area contributed by atoms with Gasteiger partial charge >= 0.3 is 12.1 Å². The van der Waals surface area contributed by atoms with Crippen LogP contribution in [-0.4, -0.2) is 33.4 Å². The highest BCUT2D eigenvalue weighted by atomic mass is 19.1. The normalized spacial score (nSPS) is 11.6. The van der Waals surface area contributed by atoms with Gasteiger partial charge in [0.05, 0.1) is 23.4 Å². The molecule has 0 saturated heterocycles. The topological polar surface area (TPSA) is 110 Å².